The third-order valence-corrected chi connectivity index (χ3v) is 3.24. The van der Waals surface area contributed by atoms with Crippen molar-refractivity contribution in [1.82, 2.24) is 9.55 Å². The Morgan fingerprint density at radius 1 is 1.35 bits per heavy atom. The van der Waals surface area contributed by atoms with Gasteiger partial charge in [0.05, 0.1) is 0 Å². The molecule has 0 saturated heterocycles. The van der Waals surface area contributed by atoms with E-state index in [1.807, 2.05) is 4.98 Å². The van der Waals surface area contributed by atoms with E-state index in [2.05, 4.69) is 0 Å². The van der Waals surface area contributed by atoms with E-state index in [0.29, 0.717) is 11.5 Å². The number of aromatic amines is 1. The number of aromatic nitrogens is 2. The van der Waals surface area contributed by atoms with E-state index in [-0.39, 0.29) is 11.4 Å². The lowest BCUT2D eigenvalue weighted by Gasteiger charge is -2.08. The lowest BCUT2D eigenvalue weighted by atomic mass is 10.2. The summed E-state index contributed by atoms with van der Waals surface area (Å²) in [4.78, 5) is 49.0. The molecule has 0 spiro atoms. The topological polar surface area (TPSA) is 137 Å². The molecule has 0 fully saturated rings. The van der Waals surface area contributed by atoms with Gasteiger partial charge in [-0.3, -0.25) is 19.1 Å². The monoisotopic (exact) mass is 321 g/mol. The molecule has 0 aliphatic rings. The summed E-state index contributed by atoms with van der Waals surface area (Å²) < 4.78 is 11.0. The molecule has 2 aromatic rings. The molecule has 2 aromatic heterocycles. The van der Waals surface area contributed by atoms with Crippen LogP contribution in [-0.4, -0.2) is 27.9 Å². The zero-order chi connectivity index (χ0) is 17.3. The van der Waals surface area contributed by atoms with Gasteiger partial charge < -0.3 is 14.9 Å². The van der Waals surface area contributed by atoms with Crippen LogP contribution in [0.3, 0.4) is 0 Å². The number of furan rings is 1. The summed E-state index contributed by atoms with van der Waals surface area (Å²) >= 11 is 0. The van der Waals surface area contributed by atoms with E-state index >= 15 is 0 Å². The molecule has 0 aliphatic carbocycles. The van der Waals surface area contributed by atoms with Gasteiger partial charge in [-0.05, 0) is 19.9 Å². The number of nitrogen functional groups attached to an aromatic ring is 1. The molecule has 0 atom stereocenters. The Morgan fingerprint density at radius 2 is 2.00 bits per heavy atom. The van der Waals surface area contributed by atoms with Crippen LogP contribution < -0.4 is 17.0 Å². The Morgan fingerprint density at radius 3 is 2.57 bits per heavy atom. The van der Waals surface area contributed by atoms with Crippen LogP contribution in [0.15, 0.2) is 20.1 Å². The van der Waals surface area contributed by atoms with E-state index in [9.17, 15) is 19.2 Å². The van der Waals surface area contributed by atoms with Gasteiger partial charge in [0.25, 0.3) is 5.56 Å². The standard InChI is InChI=1S/C14H15N3O6/c1-6-4-8(7(2)23-6)13(20)22-5-9(18)10-11(15)17(3)14(21)16-12(10)19/h4H,5,15H2,1-3H3,(H,16,19,21). The number of anilines is 1. The lowest BCUT2D eigenvalue weighted by molar-refractivity contribution is 0.0472. The first-order valence-electron chi connectivity index (χ1n) is 6.58. The van der Waals surface area contributed by atoms with E-state index in [1.165, 1.54) is 13.1 Å². The minimum absolute atomic E-state index is 0.192. The number of carbonyl (C=O) groups excluding carboxylic acids is 2. The number of esters is 1. The number of Topliss-reactive ketones (excluding diaryl/α,β-unsaturated/α-hetero) is 1. The molecule has 0 saturated carbocycles. The van der Waals surface area contributed by atoms with Gasteiger partial charge >= 0.3 is 11.7 Å². The molecule has 0 aromatic carbocycles. The van der Waals surface area contributed by atoms with Gasteiger partial charge in [-0.15, -0.1) is 0 Å². The molecule has 23 heavy (non-hydrogen) atoms. The van der Waals surface area contributed by atoms with Crippen molar-refractivity contribution in [2.75, 3.05) is 12.3 Å². The van der Waals surface area contributed by atoms with Gasteiger partial charge in [0.1, 0.15) is 28.5 Å². The third-order valence-electron chi connectivity index (χ3n) is 3.24. The van der Waals surface area contributed by atoms with Crippen molar-refractivity contribution in [3.63, 3.8) is 0 Å². The van der Waals surface area contributed by atoms with E-state index < -0.39 is 35.2 Å². The number of rotatable bonds is 4. The van der Waals surface area contributed by atoms with Crippen LogP contribution in [0.25, 0.3) is 0 Å². The summed E-state index contributed by atoms with van der Waals surface area (Å²) in [6.07, 6.45) is 0. The second-order valence-electron chi connectivity index (χ2n) is 4.90. The van der Waals surface area contributed by atoms with Gasteiger partial charge in [-0.25, -0.2) is 9.59 Å². The number of hydrogen-bond acceptors (Lipinski definition) is 7. The van der Waals surface area contributed by atoms with Crippen molar-refractivity contribution in [3.8, 4) is 0 Å². The highest BCUT2D eigenvalue weighted by molar-refractivity contribution is 6.02. The molecule has 9 nitrogen and oxygen atoms in total. The molecule has 0 unspecified atom stereocenters. The lowest BCUT2D eigenvalue weighted by Crippen LogP contribution is -2.35. The van der Waals surface area contributed by atoms with Crippen LogP contribution in [0.2, 0.25) is 0 Å². The first-order valence-corrected chi connectivity index (χ1v) is 6.58. The molecule has 2 rings (SSSR count). The zero-order valence-electron chi connectivity index (χ0n) is 12.8. The molecule has 0 radical (unpaired) electrons. The van der Waals surface area contributed by atoms with Crippen LogP contribution in [0.4, 0.5) is 5.82 Å². The minimum atomic E-state index is -0.929. The smallest absolute Gasteiger partial charge is 0.342 e. The Kier molecular flexibility index (Phi) is 4.21. The third kappa shape index (κ3) is 3.07. The molecule has 0 bridgehead atoms. The van der Waals surface area contributed by atoms with Crippen molar-refractivity contribution in [2.24, 2.45) is 7.05 Å². The largest absolute Gasteiger partial charge is 0.466 e. The van der Waals surface area contributed by atoms with Crippen molar-refractivity contribution >= 4 is 17.6 Å². The average Bonchev–Trinajstić information content (AvgIpc) is 2.81. The summed E-state index contributed by atoms with van der Waals surface area (Å²) in [5.41, 5.74) is 3.68. The van der Waals surface area contributed by atoms with Crippen LogP contribution >= 0.6 is 0 Å². The number of nitrogens with zero attached hydrogens (tertiary/aromatic N) is 1. The molecule has 122 valence electrons. The number of carbonyl (C=O) groups is 2. The number of hydrogen-bond donors (Lipinski definition) is 2. The molecular weight excluding hydrogens is 306 g/mol. The Labute approximate surface area is 129 Å². The van der Waals surface area contributed by atoms with Gasteiger partial charge in [-0.1, -0.05) is 0 Å². The minimum Gasteiger partial charge on any atom is -0.466 e. The summed E-state index contributed by atoms with van der Waals surface area (Å²) in [5, 5.41) is 0. The molecule has 0 amide bonds. The summed E-state index contributed by atoms with van der Waals surface area (Å²) in [6.45, 7) is 2.56. The second kappa shape index (κ2) is 5.95. The van der Waals surface area contributed by atoms with Crippen molar-refractivity contribution in [3.05, 3.63) is 49.6 Å². The average molecular weight is 321 g/mol. The quantitative estimate of drug-likeness (QED) is 0.592. The number of ether oxygens (including phenoxy) is 1. The van der Waals surface area contributed by atoms with E-state index in [1.54, 1.807) is 13.8 Å². The normalized spacial score (nSPS) is 10.6. The number of nitrogens with one attached hydrogen (secondary N) is 1. The molecule has 3 N–H and O–H groups in total. The summed E-state index contributed by atoms with van der Waals surface area (Å²) in [5.74, 6) is -0.979. The number of H-pyrrole nitrogens is 1. The van der Waals surface area contributed by atoms with E-state index in [4.69, 9.17) is 14.9 Å². The highest BCUT2D eigenvalue weighted by atomic mass is 16.5. The molecule has 9 heteroatoms. The van der Waals surface area contributed by atoms with Crippen LogP contribution in [0, 0.1) is 13.8 Å². The van der Waals surface area contributed by atoms with Gasteiger partial charge in [0.15, 0.2) is 6.61 Å². The maximum Gasteiger partial charge on any atom is 0.342 e. The highest BCUT2D eigenvalue weighted by Crippen LogP contribution is 2.15. The molecule has 2 heterocycles. The zero-order valence-corrected chi connectivity index (χ0v) is 12.8. The van der Waals surface area contributed by atoms with Gasteiger partial charge in [0.2, 0.25) is 5.78 Å². The first-order chi connectivity index (χ1) is 10.7. The predicted octanol–water partition coefficient (Wildman–Crippen LogP) is -0.0947. The van der Waals surface area contributed by atoms with Crippen LogP contribution in [0.1, 0.15) is 32.2 Å². The van der Waals surface area contributed by atoms with Crippen molar-refractivity contribution in [1.29, 1.82) is 0 Å². The number of nitrogens with two attached hydrogens (primary N) is 1. The SMILES string of the molecule is Cc1cc(C(=O)OCC(=O)c2c(N)n(C)c(=O)[nH]c2=O)c(C)o1. The Bertz CT molecular complexity index is 902. The highest BCUT2D eigenvalue weighted by Gasteiger charge is 2.21. The number of ketones is 1. The van der Waals surface area contributed by atoms with E-state index in [0.717, 1.165) is 4.57 Å². The molecule has 0 aliphatic heterocycles. The number of aryl methyl sites for hydroxylation is 2. The van der Waals surface area contributed by atoms with Gasteiger partial charge in [0, 0.05) is 7.05 Å². The van der Waals surface area contributed by atoms with Crippen molar-refractivity contribution < 1.29 is 18.7 Å². The fraction of sp³-hybridized carbons (Fsp3) is 0.286. The second-order valence-corrected chi connectivity index (χ2v) is 4.90. The first kappa shape index (κ1) is 16.3. The van der Waals surface area contributed by atoms with Crippen molar-refractivity contribution in [2.45, 2.75) is 13.8 Å². The summed E-state index contributed by atoms with van der Waals surface area (Å²) in [6, 6.07) is 1.48. The maximum absolute atomic E-state index is 12.1. The summed E-state index contributed by atoms with van der Waals surface area (Å²) in [7, 11) is 1.30. The van der Waals surface area contributed by atoms with Gasteiger partial charge in [-0.2, -0.15) is 0 Å². The van der Waals surface area contributed by atoms with Crippen LogP contribution in [0.5, 0.6) is 0 Å². The Hall–Kier alpha value is -3.10. The predicted molar refractivity (Wildman–Crippen MR) is 79.5 cm³/mol. The Balaban J connectivity index is 2.19. The van der Waals surface area contributed by atoms with Crippen LogP contribution in [-0.2, 0) is 11.8 Å². The maximum atomic E-state index is 12.1. The molecular formula is C14H15N3O6. The fourth-order valence-electron chi connectivity index (χ4n) is 2.02. The fourth-order valence-corrected chi connectivity index (χ4v) is 2.02.